The molecule has 2 unspecified atom stereocenters. The zero-order chi connectivity index (χ0) is 52.4. The molecule has 71 heavy (non-hydrogen) atoms. The van der Waals surface area contributed by atoms with Gasteiger partial charge in [-0.05, 0) is 77.0 Å². The molecule has 0 amide bonds. The molecule has 0 saturated heterocycles. The molecule has 14 heteroatoms. The minimum Gasteiger partial charge on any atom is -0.464 e. The van der Waals surface area contributed by atoms with Crippen LogP contribution in [0.5, 0.6) is 0 Å². The number of allylic oxidation sites excluding steroid dienone is 2. The molecule has 0 aliphatic heterocycles. The van der Waals surface area contributed by atoms with Gasteiger partial charge in [-0.25, -0.2) is 0 Å². The predicted molar refractivity (Wildman–Crippen MR) is 282 cm³/mol. The molecule has 0 rings (SSSR count). The monoisotopic (exact) mass is 1010 g/mol. The van der Waals surface area contributed by atoms with E-state index in [1.165, 1.54) is 12.8 Å². The summed E-state index contributed by atoms with van der Waals surface area (Å²) in [6.45, 7) is 14.0. The maximum Gasteiger partial charge on any atom is 0.308 e. The first-order chi connectivity index (χ1) is 34.4. The molecule has 2 N–H and O–H groups in total. The van der Waals surface area contributed by atoms with Crippen molar-refractivity contribution in [3.63, 3.8) is 0 Å². The molecule has 0 radical (unpaired) electrons. The van der Waals surface area contributed by atoms with Crippen LogP contribution in [0.1, 0.15) is 247 Å². The summed E-state index contributed by atoms with van der Waals surface area (Å²) in [7, 11) is 0. The van der Waals surface area contributed by atoms with Gasteiger partial charge in [-0.3, -0.25) is 28.8 Å². The molecule has 0 heterocycles. The molecule has 0 fully saturated rings. The minimum atomic E-state index is -0.354. The largest absolute Gasteiger partial charge is 0.464 e. The number of ether oxygens (including phenoxy) is 6. The van der Waals surface area contributed by atoms with Gasteiger partial charge in [-0.2, -0.15) is 0 Å². The fourth-order valence-electron chi connectivity index (χ4n) is 7.62. The molecule has 0 saturated carbocycles. The summed E-state index contributed by atoms with van der Waals surface area (Å²) in [6.07, 6.45) is 33.9. The number of hydrogen-bond donors (Lipinski definition) is 2. The minimum absolute atomic E-state index is 0.153. The molecule has 0 aliphatic rings. The molecule has 2 atom stereocenters. The smallest absolute Gasteiger partial charge is 0.308 e. The third-order valence-corrected chi connectivity index (χ3v) is 11.8. The summed E-state index contributed by atoms with van der Waals surface area (Å²) in [4.78, 5) is 73.3. The third-order valence-electron chi connectivity index (χ3n) is 11.8. The van der Waals surface area contributed by atoms with E-state index in [0.29, 0.717) is 76.9 Å². The van der Waals surface area contributed by atoms with Crippen LogP contribution in [-0.2, 0) is 57.2 Å². The van der Waals surface area contributed by atoms with Crippen molar-refractivity contribution in [3.05, 3.63) is 24.3 Å². The molecule has 0 aromatic heterocycles. The highest BCUT2D eigenvalue weighted by Gasteiger charge is 2.16. The van der Waals surface area contributed by atoms with E-state index in [9.17, 15) is 28.8 Å². The zero-order valence-corrected chi connectivity index (χ0v) is 45.7. The number of nitrogens with one attached hydrogen (secondary N) is 2. The number of carbonyl (C=O) groups excluding carboxylic acids is 6. The Labute approximate surface area is 431 Å². The van der Waals surface area contributed by atoms with Crippen LogP contribution in [0.2, 0.25) is 0 Å². The van der Waals surface area contributed by atoms with Crippen molar-refractivity contribution in [3.8, 4) is 0 Å². The molecule has 0 aliphatic carbocycles. The van der Waals surface area contributed by atoms with Crippen molar-refractivity contribution in [1.82, 2.24) is 10.6 Å². The second-order valence-electron chi connectivity index (χ2n) is 19.5. The number of hydrogen-bond acceptors (Lipinski definition) is 14. The van der Waals surface area contributed by atoms with Crippen LogP contribution in [0.4, 0.5) is 0 Å². The Morgan fingerprint density at radius 1 is 0.380 bits per heavy atom. The molecular formula is C57H102N2O12. The summed E-state index contributed by atoms with van der Waals surface area (Å²) in [5, 5.41) is 6.40. The lowest BCUT2D eigenvalue weighted by atomic mass is 10.1. The molecule has 0 bridgehead atoms. The van der Waals surface area contributed by atoms with Crippen LogP contribution in [0.25, 0.3) is 0 Å². The summed E-state index contributed by atoms with van der Waals surface area (Å²) >= 11 is 0. The highest BCUT2D eigenvalue weighted by molar-refractivity contribution is 5.73. The summed E-state index contributed by atoms with van der Waals surface area (Å²) in [5.41, 5.74) is 0. The first kappa shape index (κ1) is 67.2. The second kappa shape index (κ2) is 49.8. The normalized spacial score (nSPS) is 12.4. The van der Waals surface area contributed by atoms with Gasteiger partial charge in [0.05, 0.1) is 0 Å². The van der Waals surface area contributed by atoms with Crippen LogP contribution >= 0.6 is 0 Å². The second-order valence-corrected chi connectivity index (χ2v) is 19.5. The maximum absolute atomic E-state index is 12.5. The lowest BCUT2D eigenvalue weighted by Crippen LogP contribution is -2.27. The Bertz CT molecular complexity index is 1300. The highest BCUT2D eigenvalue weighted by atomic mass is 16.7. The van der Waals surface area contributed by atoms with Crippen LogP contribution in [0, 0.1) is 0 Å². The van der Waals surface area contributed by atoms with E-state index >= 15 is 0 Å². The Balaban J connectivity index is 4.08. The van der Waals surface area contributed by atoms with E-state index in [4.69, 9.17) is 28.4 Å². The molecule has 0 aromatic rings. The average molecular weight is 1010 g/mol. The van der Waals surface area contributed by atoms with Crippen LogP contribution in [0.3, 0.4) is 0 Å². The van der Waals surface area contributed by atoms with E-state index in [1.807, 2.05) is 27.7 Å². The Kier molecular flexibility index (Phi) is 47.1. The Morgan fingerprint density at radius 2 is 0.718 bits per heavy atom. The lowest BCUT2D eigenvalue weighted by molar-refractivity contribution is -0.167. The number of esters is 6. The van der Waals surface area contributed by atoms with Gasteiger partial charge in [0.15, 0.2) is 0 Å². The average Bonchev–Trinajstić information content (AvgIpc) is 3.32. The first-order valence-electron chi connectivity index (χ1n) is 28.1. The van der Waals surface area contributed by atoms with Crippen molar-refractivity contribution in [2.45, 2.75) is 271 Å². The quantitative estimate of drug-likeness (QED) is 0.0193. The summed E-state index contributed by atoms with van der Waals surface area (Å²) in [5.74, 6) is -1.81. The van der Waals surface area contributed by atoms with Crippen molar-refractivity contribution in [2.75, 3.05) is 33.1 Å². The summed E-state index contributed by atoms with van der Waals surface area (Å²) < 4.78 is 32.3. The molecular weight excluding hydrogens is 905 g/mol. The zero-order valence-electron chi connectivity index (χ0n) is 45.7. The molecule has 412 valence electrons. The predicted octanol–water partition coefficient (Wildman–Crippen LogP) is 12.6. The fraction of sp³-hybridized carbons (Fsp3) is 0.825. The third kappa shape index (κ3) is 49.6. The van der Waals surface area contributed by atoms with Crippen molar-refractivity contribution < 1.29 is 57.2 Å². The van der Waals surface area contributed by atoms with Gasteiger partial charge in [0.2, 0.25) is 6.79 Å². The van der Waals surface area contributed by atoms with Crippen molar-refractivity contribution in [1.29, 1.82) is 0 Å². The SMILES string of the molecule is CCCCCCC(CC=CCCCCCCCC(=O)OCOC(=O)CCCCCCCC=CCC(CCCCCC)OC(=O)CCCC(=O)OCCNC(C)C)OC(=O)CCCC(=O)OCCNC(C)C. The topological polar surface area (TPSA) is 182 Å². The maximum atomic E-state index is 12.5. The van der Waals surface area contributed by atoms with E-state index in [-0.39, 0.29) is 80.5 Å². The lowest BCUT2D eigenvalue weighted by Gasteiger charge is -2.16. The highest BCUT2D eigenvalue weighted by Crippen LogP contribution is 2.17. The van der Waals surface area contributed by atoms with E-state index < -0.39 is 0 Å². The van der Waals surface area contributed by atoms with Gasteiger partial charge < -0.3 is 39.1 Å². The molecule has 14 nitrogen and oxygen atoms in total. The van der Waals surface area contributed by atoms with Crippen LogP contribution in [0.15, 0.2) is 24.3 Å². The number of carbonyl (C=O) groups is 6. The molecule has 0 aromatic carbocycles. The van der Waals surface area contributed by atoms with Gasteiger partial charge in [-0.15, -0.1) is 0 Å². The number of rotatable bonds is 50. The van der Waals surface area contributed by atoms with Crippen LogP contribution in [-0.4, -0.2) is 93.2 Å². The van der Waals surface area contributed by atoms with Crippen molar-refractivity contribution >= 4 is 35.8 Å². The van der Waals surface area contributed by atoms with Crippen molar-refractivity contribution in [2.24, 2.45) is 0 Å². The van der Waals surface area contributed by atoms with Gasteiger partial charge >= 0.3 is 35.8 Å². The Hall–Kier alpha value is -3.78. The molecule has 0 spiro atoms. The standard InChI is InChI=1S/C57H102N2O12/c1-7-9-11-25-33-50(70-56(64)41-31-39-52(60)66-45-43-58-48(3)4)35-27-21-17-13-15-19-23-29-37-54(62)68-47-69-55(63)38-30-24-20-16-14-18-22-28-36-51(34-26-12-10-8-2)71-57(65)42-32-40-53(61)67-46-44-59-49(5)6/h21-22,27-28,48-51,58-59H,7-20,23-26,29-47H2,1-6H3. The van der Waals surface area contributed by atoms with Gasteiger partial charge in [0.1, 0.15) is 25.4 Å². The van der Waals surface area contributed by atoms with Gasteiger partial charge in [-0.1, -0.05) is 143 Å². The van der Waals surface area contributed by atoms with Crippen LogP contribution < -0.4 is 10.6 Å². The van der Waals surface area contributed by atoms with E-state index in [2.05, 4.69) is 48.8 Å². The fourth-order valence-corrected chi connectivity index (χ4v) is 7.62. The van der Waals surface area contributed by atoms with Gasteiger partial charge in [0.25, 0.3) is 0 Å². The first-order valence-corrected chi connectivity index (χ1v) is 28.1. The van der Waals surface area contributed by atoms with E-state index in [0.717, 1.165) is 128 Å². The Morgan fingerprint density at radius 3 is 1.11 bits per heavy atom. The number of unbranched alkanes of at least 4 members (excludes halogenated alkanes) is 16. The van der Waals surface area contributed by atoms with Gasteiger partial charge in [0, 0.05) is 76.5 Å². The summed E-state index contributed by atoms with van der Waals surface area (Å²) in [6, 6.07) is 0.672. The van der Waals surface area contributed by atoms with E-state index in [1.54, 1.807) is 0 Å².